The highest BCUT2D eigenvalue weighted by Crippen LogP contribution is 2.25. The van der Waals surface area contributed by atoms with Gasteiger partial charge in [-0.2, -0.15) is 0 Å². The molecule has 0 unspecified atom stereocenters. The summed E-state index contributed by atoms with van der Waals surface area (Å²) in [6.45, 7) is 4.77. The average molecular weight is 235 g/mol. The number of hydrogen-bond donors (Lipinski definition) is 1. The van der Waals surface area contributed by atoms with Crippen LogP contribution in [-0.4, -0.2) is 29.7 Å². The van der Waals surface area contributed by atoms with Crippen LogP contribution in [0.2, 0.25) is 0 Å². The first-order chi connectivity index (χ1) is 8.42. The minimum absolute atomic E-state index is 0.684. The number of fused-ring (bicyclic) bond motifs is 1. The summed E-state index contributed by atoms with van der Waals surface area (Å²) >= 11 is 0. The van der Waals surface area contributed by atoms with Crippen LogP contribution in [0.15, 0.2) is 6.33 Å². The fourth-order valence-corrected chi connectivity index (χ4v) is 2.14. The van der Waals surface area contributed by atoms with Crippen LogP contribution in [0.1, 0.15) is 37.4 Å². The zero-order chi connectivity index (χ0) is 11.9. The van der Waals surface area contributed by atoms with Crippen molar-refractivity contribution in [2.75, 3.05) is 19.7 Å². The molecule has 0 spiro atoms. The molecule has 0 aromatic carbocycles. The van der Waals surface area contributed by atoms with Gasteiger partial charge in [-0.3, -0.25) is 0 Å². The molecule has 0 atom stereocenters. The molecule has 1 aromatic rings. The van der Waals surface area contributed by atoms with Crippen LogP contribution in [-0.2, 0) is 12.8 Å². The molecular formula is C13H21N3O. The average Bonchev–Trinajstić information content (AvgIpc) is 2.39. The number of hydrogen-bond acceptors (Lipinski definition) is 4. The van der Waals surface area contributed by atoms with Crippen molar-refractivity contribution in [3.05, 3.63) is 17.6 Å². The minimum Gasteiger partial charge on any atom is -0.476 e. The number of nitrogens with zero attached hydrogens (tertiary/aromatic N) is 2. The quantitative estimate of drug-likeness (QED) is 0.763. The zero-order valence-electron chi connectivity index (χ0n) is 10.5. The van der Waals surface area contributed by atoms with E-state index in [0.717, 1.165) is 38.2 Å². The lowest BCUT2D eigenvalue weighted by Crippen LogP contribution is -2.22. The van der Waals surface area contributed by atoms with Gasteiger partial charge >= 0.3 is 0 Å². The molecule has 0 bridgehead atoms. The van der Waals surface area contributed by atoms with E-state index < -0.39 is 0 Å². The van der Waals surface area contributed by atoms with Crippen molar-refractivity contribution in [1.29, 1.82) is 0 Å². The van der Waals surface area contributed by atoms with Crippen molar-refractivity contribution in [1.82, 2.24) is 15.3 Å². The molecular weight excluding hydrogens is 214 g/mol. The second-order valence-corrected chi connectivity index (χ2v) is 4.41. The third-order valence-electron chi connectivity index (χ3n) is 3.03. The monoisotopic (exact) mass is 235 g/mol. The smallest absolute Gasteiger partial charge is 0.219 e. The standard InChI is InChI=1S/C13H21N3O/c1-2-7-14-8-9-17-13-11-5-3-4-6-12(11)15-10-16-13/h10,14H,2-9H2,1H3. The molecule has 1 heterocycles. The van der Waals surface area contributed by atoms with E-state index in [-0.39, 0.29) is 0 Å². The molecule has 0 saturated carbocycles. The Kier molecular flexibility index (Phi) is 4.74. The summed E-state index contributed by atoms with van der Waals surface area (Å²) in [6.07, 6.45) is 7.38. The molecule has 0 fully saturated rings. The van der Waals surface area contributed by atoms with Crippen molar-refractivity contribution in [2.24, 2.45) is 0 Å². The maximum absolute atomic E-state index is 5.74. The summed E-state index contributed by atoms with van der Waals surface area (Å²) < 4.78 is 5.74. The van der Waals surface area contributed by atoms with Crippen molar-refractivity contribution < 1.29 is 4.74 Å². The van der Waals surface area contributed by atoms with Crippen LogP contribution < -0.4 is 10.1 Å². The van der Waals surface area contributed by atoms with E-state index in [1.807, 2.05) is 0 Å². The first kappa shape index (κ1) is 12.3. The molecule has 4 heteroatoms. The summed E-state index contributed by atoms with van der Waals surface area (Å²) in [4.78, 5) is 8.58. The Morgan fingerprint density at radius 2 is 2.12 bits per heavy atom. The largest absolute Gasteiger partial charge is 0.476 e. The van der Waals surface area contributed by atoms with E-state index in [4.69, 9.17) is 4.74 Å². The predicted molar refractivity (Wildman–Crippen MR) is 67.3 cm³/mol. The van der Waals surface area contributed by atoms with Gasteiger partial charge in [0.1, 0.15) is 12.9 Å². The van der Waals surface area contributed by atoms with Gasteiger partial charge in [0.2, 0.25) is 5.88 Å². The second kappa shape index (κ2) is 6.55. The Morgan fingerprint density at radius 1 is 1.24 bits per heavy atom. The van der Waals surface area contributed by atoms with Crippen molar-refractivity contribution in [2.45, 2.75) is 39.0 Å². The Bertz CT molecular complexity index is 355. The molecule has 1 aliphatic carbocycles. The van der Waals surface area contributed by atoms with Gasteiger partial charge in [0.05, 0.1) is 5.69 Å². The van der Waals surface area contributed by atoms with Gasteiger partial charge in [0.15, 0.2) is 0 Å². The Morgan fingerprint density at radius 3 is 3.00 bits per heavy atom. The first-order valence-electron chi connectivity index (χ1n) is 6.58. The highest BCUT2D eigenvalue weighted by Gasteiger charge is 2.15. The Labute approximate surface area is 103 Å². The minimum atomic E-state index is 0.684. The van der Waals surface area contributed by atoms with Crippen LogP contribution in [0.5, 0.6) is 5.88 Å². The highest BCUT2D eigenvalue weighted by molar-refractivity contribution is 5.31. The topological polar surface area (TPSA) is 47.0 Å². The molecule has 94 valence electrons. The van der Waals surface area contributed by atoms with E-state index in [1.54, 1.807) is 6.33 Å². The lowest BCUT2D eigenvalue weighted by Gasteiger charge is -2.17. The van der Waals surface area contributed by atoms with Crippen molar-refractivity contribution in [3.8, 4) is 5.88 Å². The van der Waals surface area contributed by atoms with Gasteiger partial charge in [-0.05, 0) is 38.6 Å². The molecule has 0 radical (unpaired) electrons. The molecule has 1 aliphatic rings. The summed E-state index contributed by atoms with van der Waals surface area (Å²) in [5.41, 5.74) is 2.41. The Balaban J connectivity index is 1.87. The SMILES string of the molecule is CCCNCCOc1ncnc2c1CCCC2. The molecule has 1 N–H and O–H groups in total. The number of aryl methyl sites for hydroxylation is 1. The summed E-state index contributed by atoms with van der Waals surface area (Å²) in [6, 6.07) is 0. The molecule has 2 rings (SSSR count). The Hall–Kier alpha value is -1.16. The molecule has 1 aromatic heterocycles. The van der Waals surface area contributed by atoms with E-state index in [0.29, 0.717) is 6.61 Å². The lowest BCUT2D eigenvalue weighted by atomic mass is 9.97. The zero-order valence-corrected chi connectivity index (χ0v) is 10.5. The highest BCUT2D eigenvalue weighted by atomic mass is 16.5. The van der Waals surface area contributed by atoms with Crippen LogP contribution in [0, 0.1) is 0 Å². The van der Waals surface area contributed by atoms with E-state index >= 15 is 0 Å². The van der Waals surface area contributed by atoms with Gasteiger partial charge in [-0.1, -0.05) is 6.92 Å². The van der Waals surface area contributed by atoms with E-state index in [9.17, 15) is 0 Å². The lowest BCUT2D eigenvalue weighted by molar-refractivity contribution is 0.296. The fourth-order valence-electron chi connectivity index (χ4n) is 2.14. The van der Waals surface area contributed by atoms with Gasteiger partial charge in [0.25, 0.3) is 0 Å². The van der Waals surface area contributed by atoms with Crippen LogP contribution >= 0.6 is 0 Å². The van der Waals surface area contributed by atoms with Crippen molar-refractivity contribution >= 4 is 0 Å². The number of aromatic nitrogens is 2. The maximum Gasteiger partial charge on any atom is 0.219 e. The number of rotatable bonds is 6. The van der Waals surface area contributed by atoms with Crippen molar-refractivity contribution in [3.63, 3.8) is 0 Å². The second-order valence-electron chi connectivity index (χ2n) is 4.41. The summed E-state index contributed by atoms with van der Waals surface area (Å²) in [5.74, 6) is 0.799. The molecule has 17 heavy (non-hydrogen) atoms. The third kappa shape index (κ3) is 3.40. The normalized spacial score (nSPS) is 14.4. The number of nitrogens with one attached hydrogen (secondary N) is 1. The predicted octanol–water partition coefficient (Wildman–Crippen LogP) is 1.73. The third-order valence-corrected chi connectivity index (χ3v) is 3.03. The molecule has 4 nitrogen and oxygen atoms in total. The van der Waals surface area contributed by atoms with Crippen LogP contribution in [0.25, 0.3) is 0 Å². The molecule has 0 aliphatic heterocycles. The van der Waals surface area contributed by atoms with Crippen LogP contribution in [0.3, 0.4) is 0 Å². The first-order valence-corrected chi connectivity index (χ1v) is 6.58. The summed E-state index contributed by atoms with van der Waals surface area (Å²) in [5, 5.41) is 3.32. The van der Waals surface area contributed by atoms with Gasteiger partial charge in [-0.15, -0.1) is 0 Å². The number of ether oxygens (including phenoxy) is 1. The summed E-state index contributed by atoms with van der Waals surface area (Å²) in [7, 11) is 0. The van der Waals surface area contributed by atoms with Crippen LogP contribution in [0.4, 0.5) is 0 Å². The fraction of sp³-hybridized carbons (Fsp3) is 0.692. The van der Waals surface area contributed by atoms with E-state index in [1.165, 1.54) is 24.1 Å². The van der Waals surface area contributed by atoms with E-state index in [2.05, 4.69) is 22.2 Å². The maximum atomic E-state index is 5.74. The van der Waals surface area contributed by atoms with Gasteiger partial charge in [-0.25, -0.2) is 9.97 Å². The molecule has 0 amide bonds. The molecule has 0 saturated heterocycles. The van der Waals surface area contributed by atoms with Gasteiger partial charge < -0.3 is 10.1 Å². The van der Waals surface area contributed by atoms with Gasteiger partial charge in [0, 0.05) is 12.1 Å².